The second kappa shape index (κ2) is 66.4. The summed E-state index contributed by atoms with van der Waals surface area (Å²) in [6, 6.07) is 22.7. The molecule has 15 N–H and O–H groups in total. The molecule has 0 aliphatic carbocycles. The highest BCUT2D eigenvalue weighted by atomic mass is 32.2. The first-order chi connectivity index (χ1) is 69.4. The minimum Gasteiger partial charge on any atom is -0.495 e. The van der Waals surface area contributed by atoms with E-state index >= 15 is 0 Å². The van der Waals surface area contributed by atoms with Crippen molar-refractivity contribution in [1.29, 1.82) is 0 Å². The molecule has 0 spiro atoms. The second-order valence-corrected chi connectivity index (χ2v) is 33.2. The van der Waals surface area contributed by atoms with E-state index in [4.69, 9.17) is 40.6 Å². The second-order valence-electron chi connectivity index (χ2n) is 31.5. The van der Waals surface area contributed by atoms with Crippen LogP contribution in [0, 0.1) is 0 Å². The molecule has 16 amide bonds. The van der Waals surface area contributed by atoms with Gasteiger partial charge in [0.1, 0.15) is 39.7 Å². The Balaban J connectivity index is 0.000000797. The fraction of sp³-hybridized carbons (Fsp3) is 0.417. The number of hydrogen-bond donors (Lipinski definition) is 15. The number of thioether (sulfide) groups is 1. The predicted molar refractivity (Wildman–Crippen MR) is 556 cm³/mol. The zero-order valence-electron chi connectivity index (χ0n) is 84.0. The molecule has 1 heterocycles. The number of amides is 16. The van der Waals surface area contributed by atoms with Crippen LogP contribution in [0.25, 0.3) is 0 Å². The summed E-state index contributed by atoms with van der Waals surface area (Å²) in [6.45, 7) is 17.2. The number of hydrogen-bond acceptors (Lipinski definition) is 26. The maximum atomic E-state index is 14.3. The van der Waals surface area contributed by atoms with Gasteiger partial charge < -0.3 is 108 Å². The van der Waals surface area contributed by atoms with Gasteiger partial charge in [-0.1, -0.05) is 127 Å². The van der Waals surface area contributed by atoms with Gasteiger partial charge in [-0.05, 0) is 129 Å². The van der Waals surface area contributed by atoms with Gasteiger partial charge in [-0.3, -0.25) is 86.6 Å². The molecular formula is C103H136N18O22S2. The van der Waals surface area contributed by atoms with Crippen LogP contribution >= 0.6 is 24.0 Å². The van der Waals surface area contributed by atoms with Crippen LogP contribution in [0.1, 0.15) is 254 Å². The lowest BCUT2D eigenvalue weighted by atomic mass is 10.0. The molecule has 0 aromatic heterocycles. The van der Waals surface area contributed by atoms with Crippen LogP contribution in [0.3, 0.4) is 0 Å². The van der Waals surface area contributed by atoms with E-state index in [1.165, 1.54) is 148 Å². The van der Waals surface area contributed by atoms with E-state index in [1.807, 2.05) is 67.8 Å². The Bertz CT molecular complexity index is 5280. The summed E-state index contributed by atoms with van der Waals surface area (Å²) in [6.07, 6.45) is 5.82. The van der Waals surface area contributed by atoms with E-state index in [0.717, 1.165) is 31.2 Å². The SMILES string of the molecule is C.C=C=C=C=C=C=C.CCCCNC(=O)c1cc(C(=O)NC)c(OC)c(C(=O)NCCN(CCNC(=O)c2cc(C(=O)NCCCC)cc(C(=O)NC)c2OC)CCN(CCNC(=O)c2cc(C(=O)NCCCC)cc(C(=O)NC)c2OC)CCNC(=O)c2cc(C(=O)NCCCC)cc(C(=O)NC)c2OC)c1.CNC(=O)c1cc(C(=O)NCCCNC(=O)OCc2ccccc2)cc(C(=O)N2CCSC2=S)c1OC. The first-order valence-corrected chi connectivity index (χ1v) is 48.2. The van der Waals surface area contributed by atoms with Crippen LogP contribution in [0.2, 0.25) is 0 Å². The first kappa shape index (κ1) is 122. The molecule has 1 aliphatic rings. The molecule has 0 atom stereocenters. The van der Waals surface area contributed by atoms with Crippen LogP contribution in [0.15, 0.2) is 133 Å². The normalized spacial score (nSPS) is 10.8. The molecular weight excluding hydrogens is 1910 g/mol. The number of thiocarbonyl (C=S) groups is 1. The van der Waals surface area contributed by atoms with Crippen LogP contribution in [0.5, 0.6) is 28.7 Å². The lowest BCUT2D eigenvalue weighted by Crippen LogP contribution is -2.46. The van der Waals surface area contributed by atoms with E-state index in [0.29, 0.717) is 74.9 Å². The van der Waals surface area contributed by atoms with Crippen molar-refractivity contribution >= 4 is 123 Å². The van der Waals surface area contributed by atoms with Crippen molar-refractivity contribution in [1.82, 2.24) is 94.5 Å². The standard InChI is InChI=1S/C70H100N14O16.C25H28N4O6S2.C7H4.CH4/c1-13-17-21-75-59(85)43-35-47(63(89)71-5)55(97-9)51(39-43)67(93)79-25-29-83(30-26-80-68(94)52-40-44(60(86)76-22-18-14-2)36-48(56(52)98-10)64(90)72-6)33-34-84(31-27-81-69(95)53-41-45(61(87)77-23-19-15-3)37-49(57(53)99-11)65(91)73-7)32-28-82-70(96)54-42-46(62(88)78-24-20-16-4)38-50(58(54)100-12)66(92)74-8;1-26-22(31)18-13-17(14-19(20(18)34-2)23(32)29-11-12-37-25(29)36)21(30)27-9-6-10-28-24(33)35-15-16-7-4-3-5-8-16;1-3-5-7-6-4-2;/h35-42H,13-34H2,1-12H3,(H,71,89)(H,72,90)(H,73,91)(H,74,92)(H,75,85)(H,76,86)(H,77,87)(H,78,88)(H,79,93)(H,80,94)(H,81,95)(H,82,96);3-5,7-8,13-14H,6,9-12,15H2,1-2H3,(H,26,31)(H,27,30)(H,28,33);1-2H2;1H4. The summed E-state index contributed by atoms with van der Waals surface area (Å²) < 4.78 is 33.4. The number of carbonyl (C=O) groups is 16. The van der Waals surface area contributed by atoms with Gasteiger partial charge in [0.15, 0.2) is 0 Å². The van der Waals surface area contributed by atoms with Gasteiger partial charge in [0.25, 0.3) is 88.6 Å². The number of rotatable bonds is 53. The molecule has 145 heavy (non-hydrogen) atoms. The maximum Gasteiger partial charge on any atom is 0.407 e. The zero-order valence-corrected chi connectivity index (χ0v) is 85.6. The highest BCUT2D eigenvalue weighted by molar-refractivity contribution is 8.23. The number of ether oxygens (including phenoxy) is 6. The molecule has 0 radical (unpaired) electrons. The van der Waals surface area contributed by atoms with Crippen LogP contribution in [-0.2, 0) is 11.3 Å². The number of unbranched alkanes of at least 4 members (excludes halogenated alkanes) is 4. The van der Waals surface area contributed by atoms with Crippen molar-refractivity contribution in [2.45, 2.75) is 99.5 Å². The van der Waals surface area contributed by atoms with Crippen LogP contribution in [0.4, 0.5) is 4.79 Å². The molecule has 1 fully saturated rings. The fourth-order valence-electron chi connectivity index (χ4n) is 14.0. The molecule has 6 aromatic rings. The Morgan fingerprint density at radius 2 is 0.586 bits per heavy atom. The molecule has 1 saturated heterocycles. The van der Waals surface area contributed by atoms with Gasteiger partial charge in [0.2, 0.25) is 0 Å². The zero-order chi connectivity index (χ0) is 106. The minimum absolute atomic E-state index is 0. The predicted octanol–water partition coefficient (Wildman–Crippen LogP) is 7.69. The number of benzene rings is 6. The number of nitrogens with one attached hydrogen (secondary N) is 15. The van der Waals surface area contributed by atoms with Crippen LogP contribution < -0.4 is 103 Å². The van der Waals surface area contributed by atoms with E-state index in [9.17, 15) is 76.7 Å². The van der Waals surface area contributed by atoms with Crippen molar-refractivity contribution in [3.63, 3.8) is 0 Å². The van der Waals surface area contributed by atoms with E-state index in [1.54, 1.807) is 0 Å². The van der Waals surface area contributed by atoms with Crippen molar-refractivity contribution in [3.8, 4) is 28.7 Å². The smallest absolute Gasteiger partial charge is 0.407 e. The van der Waals surface area contributed by atoms with Crippen molar-refractivity contribution in [3.05, 3.63) is 222 Å². The van der Waals surface area contributed by atoms with Crippen molar-refractivity contribution in [2.75, 3.05) is 188 Å². The Hall–Kier alpha value is -15.4. The number of methoxy groups -OCH3 is 5. The monoisotopic (exact) mass is 2040 g/mol. The molecule has 782 valence electrons. The number of carbonyl (C=O) groups excluding carboxylic acids is 16. The van der Waals surface area contributed by atoms with Gasteiger partial charge in [-0.2, -0.15) is 0 Å². The summed E-state index contributed by atoms with van der Waals surface area (Å²) in [5.74, 6) is -8.40. The lowest BCUT2D eigenvalue weighted by Gasteiger charge is -2.28. The summed E-state index contributed by atoms with van der Waals surface area (Å²) in [4.78, 5) is 220. The van der Waals surface area contributed by atoms with Gasteiger partial charge in [0.05, 0.1) is 91.2 Å². The number of nitrogens with zero attached hydrogens (tertiary/aromatic N) is 3. The third-order valence-corrected chi connectivity index (χ3v) is 23.1. The quantitative estimate of drug-likeness (QED) is 0.00988. The van der Waals surface area contributed by atoms with E-state index in [-0.39, 0.29) is 205 Å². The minimum atomic E-state index is -0.701. The van der Waals surface area contributed by atoms with Gasteiger partial charge in [-0.15, -0.1) is 0 Å². The highest BCUT2D eigenvalue weighted by Crippen LogP contribution is 2.34. The summed E-state index contributed by atoms with van der Waals surface area (Å²) >= 11 is 6.64. The van der Waals surface area contributed by atoms with Crippen LogP contribution in [-0.4, -0.2) is 302 Å². The van der Waals surface area contributed by atoms with Gasteiger partial charge >= 0.3 is 6.09 Å². The molecule has 42 heteroatoms. The molecule has 0 unspecified atom stereocenters. The van der Waals surface area contributed by atoms with E-state index < -0.39 is 94.7 Å². The Labute approximate surface area is 855 Å². The fourth-order valence-corrected chi connectivity index (χ4v) is 15.2. The van der Waals surface area contributed by atoms with Gasteiger partial charge in [-0.25, -0.2) is 4.79 Å². The topological polar surface area (TPSA) is 519 Å². The molecule has 0 bridgehead atoms. The third kappa shape index (κ3) is 38.1. The highest BCUT2D eigenvalue weighted by Gasteiger charge is 2.34. The Kier molecular flexibility index (Phi) is 55.9. The molecule has 6 aromatic carbocycles. The third-order valence-electron chi connectivity index (χ3n) is 21.6. The number of alkyl carbamates (subject to hydrolysis) is 1. The Morgan fingerprint density at radius 3 is 0.834 bits per heavy atom. The van der Waals surface area contributed by atoms with Gasteiger partial charge in [0, 0.05) is 180 Å². The Morgan fingerprint density at radius 1 is 0.338 bits per heavy atom. The molecule has 40 nitrogen and oxygen atoms in total. The first-order valence-electron chi connectivity index (χ1n) is 46.8. The average Bonchev–Trinajstić information content (AvgIpc) is 1.78. The molecule has 1 aliphatic heterocycles. The summed E-state index contributed by atoms with van der Waals surface area (Å²) in [5.41, 5.74) is 12.5. The summed E-state index contributed by atoms with van der Waals surface area (Å²) in [5, 5.41) is 40.7. The summed E-state index contributed by atoms with van der Waals surface area (Å²) in [7, 11) is 13.5. The van der Waals surface area contributed by atoms with Crippen molar-refractivity contribution in [2.24, 2.45) is 0 Å². The largest absolute Gasteiger partial charge is 0.495 e. The molecule has 0 saturated carbocycles. The average molecular weight is 2040 g/mol. The maximum absolute atomic E-state index is 14.3. The van der Waals surface area contributed by atoms with Crippen molar-refractivity contribution < 1.29 is 105 Å². The van der Waals surface area contributed by atoms with E-state index in [2.05, 4.69) is 122 Å². The lowest BCUT2D eigenvalue weighted by molar-refractivity contribution is 0.0852. The molecule has 7 rings (SSSR count).